The highest BCUT2D eigenvalue weighted by molar-refractivity contribution is 6.30. The topological polar surface area (TPSA) is 12.0 Å². The minimum Gasteiger partial charge on any atom is -0.313 e. The third-order valence-corrected chi connectivity index (χ3v) is 5.43. The van der Waals surface area contributed by atoms with Gasteiger partial charge in [-0.1, -0.05) is 50.4 Å². The van der Waals surface area contributed by atoms with Crippen molar-refractivity contribution < 1.29 is 4.39 Å². The Balaban J connectivity index is 2.21. The SMILES string of the molecule is CCCNC(Cc1cccc(Cl)c1F)C1(CC)CCCC1. The molecule has 1 atom stereocenters. The Kier molecular flexibility index (Phi) is 6.07. The van der Waals surface area contributed by atoms with Gasteiger partial charge >= 0.3 is 0 Å². The van der Waals surface area contributed by atoms with Gasteiger partial charge in [0.05, 0.1) is 5.02 Å². The first kappa shape index (κ1) is 16.8. The molecule has 2 rings (SSSR count). The number of hydrogen-bond acceptors (Lipinski definition) is 1. The summed E-state index contributed by atoms with van der Waals surface area (Å²) in [6, 6.07) is 5.70. The lowest BCUT2D eigenvalue weighted by molar-refractivity contribution is 0.183. The van der Waals surface area contributed by atoms with Gasteiger partial charge in [-0.15, -0.1) is 0 Å². The number of nitrogens with one attached hydrogen (secondary N) is 1. The third-order valence-electron chi connectivity index (χ3n) is 5.14. The van der Waals surface area contributed by atoms with Gasteiger partial charge in [0, 0.05) is 6.04 Å². The fourth-order valence-electron chi connectivity index (χ4n) is 3.78. The predicted octanol–water partition coefficient (Wildman–Crippen LogP) is 5.36. The third kappa shape index (κ3) is 3.78. The van der Waals surface area contributed by atoms with Gasteiger partial charge in [0.25, 0.3) is 0 Å². The van der Waals surface area contributed by atoms with E-state index in [0.29, 0.717) is 11.5 Å². The normalized spacial score (nSPS) is 18.9. The molecule has 0 spiro atoms. The largest absolute Gasteiger partial charge is 0.313 e. The molecule has 118 valence electrons. The second-order valence-electron chi connectivity index (χ2n) is 6.35. The maximum Gasteiger partial charge on any atom is 0.145 e. The van der Waals surface area contributed by atoms with E-state index in [1.165, 1.54) is 25.7 Å². The van der Waals surface area contributed by atoms with Crippen molar-refractivity contribution in [1.82, 2.24) is 5.32 Å². The standard InChI is InChI=1S/C18H27ClFN/c1-3-12-21-16(18(4-2)10-5-6-11-18)13-14-8-7-9-15(19)17(14)20/h7-9,16,21H,3-6,10-13H2,1-2H3. The van der Waals surface area contributed by atoms with Gasteiger partial charge in [-0.2, -0.15) is 0 Å². The molecule has 0 saturated heterocycles. The second-order valence-corrected chi connectivity index (χ2v) is 6.75. The lowest BCUT2D eigenvalue weighted by atomic mass is 9.74. The summed E-state index contributed by atoms with van der Waals surface area (Å²) in [7, 11) is 0. The molecule has 0 heterocycles. The van der Waals surface area contributed by atoms with Crippen LogP contribution in [0.4, 0.5) is 4.39 Å². The highest BCUT2D eigenvalue weighted by Gasteiger charge is 2.39. The Hall–Kier alpha value is -0.600. The van der Waals surface area contributed by atoms with Crippen LogP contribution in [0.3, 0.4) is 0 Å². The predicted molar refractivity (Wildman–Crippen MR) is 88.4 cm³/mol. The molecule has 0 aliphatic heterocycles. The molecule has 1 fully saturated rings. The van der Waals surface area contributed by atoms with Crippen molar-refractivity contribution in [3.8, 4) is 0 Å². The van der Waals surface area contributed by atoms with E-state index < -0.39 is 0 Å². The first-order chi connectivity index (χ1) is 10.1. The monoisotopic (exact) mass is 311 g/mol. The van der Waals surface area contributed by atoms with Crippen LogP contribution >= 0.6 is 11.6 Å². The highest BCUT2D eigenvalue weighted by Crippen LogP contribution is 2.45. The minimum absolute atomic E-state index is 0.235. The number of halogens is 2. The maximum atomic E-state index is 14.2. The number of benzene rings is 1. The van der Waals surface area contributed by atoms with Crippen molar-refractivity contribution in [3.63, 3.8) is 0 Å². The van der Waals surface area contributed by atoms with E-state index in [4.69, 9.17) is 11.6 Å². The first-order valence-corrected chi connectivity index (χ1v) is 8.67. The Morgan fingerprint density at radius 2 is 2.00 bits per heavy atom. The van der Waals surface area contributed by atoms with E-state index in [1.54, 1.807) is 6.07 Å². The molecule has 1 aromatic carbocycles. The van der Waals surface area contributed by atoms with Crippen molar-refractivity contribution in [2.75, 3.05) is 6.54 Å². The van der Waals surface area contributed by atoms with Crippen LogP contribution < -0.4 is 5.32 Å². The van der Waals surface area contributed by atoms with Crippen LogP contribution in [-0.4, -0.2) is 12.6 Å². The van der Waals surface area contributed by atoms with E-state index in [9.17, 15) is 4.39 Å². The lowest BCUT2D eigenvalue weighted by Crippen LogP contribution is -2.45. The fraction of sp³-hybridized carbons (Fsp3) is 0.667. The summed E-state index contributed by atoms with van der Waals surface area (Å²) in [5, 5.41) is 3.92. The number of rotatable bonds is 7. The zero-order chi connectivity index (χ0) is 15.3. The average Bonchev–Trinajstić information content (AvgIpc) is 2.97. The van der Waals surface area contributed by atoms with Gasteiger partial charge in [-0.05, 0) is 55.7 Å². The molecule has 0 aromatic heterocycles. The molecule has 1 unspecified atom stereocenters. The minimum atomic E-state index is -0.244. The van der Waals surface area contributed by atoms with Crippen LogP contribution in [0, 0.1) is 11.2 Å². The zero-order valence-corrected chi connectivity index (χ0v) is 14.0. The molecular formula is C18H27ClFN. The Bertz CT molecular complexity index is 455. The molecule has 1 aliphatic carbocycles. The fourth-order valence-corrected chi connectivity index (χ4v) is 3.97. The first-order valence-electron chi connectivity index (χ1n) is 8.29. The molecule has 1 N–H and O–H groups in total. The molecule has 0 amide bonds. The van der Waals surface area contributed by atoms with Crippen molar-refractivity contribution in [3.05, 3.63) is 34.6 Å². The molecule has 1 nitrogen and oxygen atoms in total. The summed E-state index contributed by atoms with van der Waals surface area (Å²) in [6.45, 7) is 5.45. The maximum absolute atomic E-state index is 14.2. The molecule has 1 saturated carbocycles. The Labute approximate surface area is 133 Å². The van der Waals surface area contributed by atoms with Crippen LogP contribution in [0.25, 0.3) is 0 Å². The van der Waals surface area contributed by atoms with E-state index in [2.05, 4.69) is 19.2 Å². The van der Waals surface area contributed by atoms with Gasteiger partial charge in [0.2, 0.25) is 0 Å². The van der Waals surface area contributed by atoms with Crippen molar-refractivity contribution >= 4 is 11.6 Å². The van der Waals surface area contributed by atoms with Gasteiger partial charge < -0.3 is 5.32 Å². The van der Waals surface area contributed by atoms with Crippen LogP contribution in [-0.2, 0) is 6.42 Å². The van der Waals surface area contributed by atoms with Crippen LogP contribution in [0.15, 0.2) is 18.2 Å². The highest BCUT2D eigenvalue weighted by atomic mass is 35.5. The lowest BCUT2D eigenvalue weighted by Gasteiger charge is -2.38. The van der Waals surface area contributed by atoms with Crippen molar-refractivity contribution in [1.29, 1.82) is 0 Å². The van der Waals surface area contributed by atoms with Crippen LogP contribution in [0.5, 0.6) is 0 Å². The van der Waals surface area contributed by atoms with Crippen molar-refractivity contribution in [2.45, 2.75) is 64.8 Å². The van der Waals surface area contributed by atoms with Gasteiger partial charge in [0.15, 0.2) is 0 Å². The summed E-state index contributed by atoms with van der Waals surface area (Å²) in [5.41, 5.74) is 1.07. The second kappa shape index (κ2) is 7.60. The molecule has 21 heavy (non-hydrogen) atoms. The van der Waals surface area contributed by atoms with Crippen LogP contribution in [0.1, 0.15) is 57.9 Å². The molecule has 0 bridgehead atoms. The number of hydrogen-bond donors (Lipinski definition) is 1. The van der Waals surface area contributed by atoms with Gasteiger partial charge in [0.1, 0.15) is 5.82 Å². The molecular weight excluding hydrogens is 285 g/mol. The smallest absolute Gasteiger partial charge is 0.145 e. The molecule has 1 aromatic rings. The van der Waals surface area contributed by atoms with E-state index in [1.807, 2.05) is 12.1 Å². The van der Waals surface area contributed by atoms with E-state index >= 15 is 0 Å². The Morgan fingerprint density at radius 3 is 2.62 bits per heavy atom. The summed E-state index contributed by atoms with van der Waals surface area (Å²) >= 11 is 5.93. The van der Waals surface area contributed by atoms with Gasteiger partial charge in [-0.3, -0.25) is 0 Å². The van der Waals surface area contributed by atoms with Crippen LogP contribution in [0.2, 0.25) is 5.02 Å². The Morgan fingerprint density at radius 1 is 1.29 bits per heavy atom. The summed E-state index contributed by atoms with van der Waals surface area (Å²) < 4.78 is 14.2. The zero-order valence-electron chi connectivity index (χ0n) is 13.2. The molecule has 3 heteroatoms. The van der Waals surface area contributed by atoms with E-state index in [0.717, 1.165) is 31.4 Å². The van der Waals surface area contributed by atoms with Crippen molar-refractivity contribution in [2.24, 2.45) is 5.41 Å². The summed E-state index contributed by atoms with van der Waals surface area (Å²) in [4.78, 5) is 0. The average molecular weight is 312 g/mol. The molecule has 0 radical (unpaired) electrons. The summed E-state index contributed by atoms with van der Waals surface area (Å²) in [5.74, 6) is -0.244. The molecule has 1 aliphatic rings. The van der Waals surface area contributed by atoms with Gasteiger partial charge in [-0.25, -0.2) is 4.39 Å². The summed E-state index contributed by atoms with van der Waals surface area (Å²) in [6.07, 6.45) is 8.12. The quantitative estimate of drug-likeness (QED) is 0.714. The van der Waals surface area contributed by atoms with E-state index in [-0.39, 0.29) is 10.8 Å².